The van der Waals surface area contributed by atoms with Crippen LogP contribution in [-0.2, 0) is 9.59 Å². The zero-order valence-electron chi connectivity index (χ0n) is 8.14. The standard InChI is InChI=1S/C11H12O4/c1-3-5-9(11(14)15)6-8(4-2)10(13)7-12/h3-6,12H,1-2,7H2,(H,14,15)/b8-6+,9-5+. The molecule has 0 aromatic rings. The molecule has 0 amide bonds. The summed E-state index contributed by atoms with van der Waals surface area (Å²) in [7, 11) is 0. The average molecular weight is 208 g/mol. The minimum absolute atomic E-state index is 0.0491. The summed E-state index contributed by atoms with van der Waals surface area (Å²) in [5.74, 6) is -1.76. The summed E-state index contributed by atoms with van der Waals surface area (Å²) < 4.78 is 0. The van der Waals surface area contributed by atoms with Crippen molar-refractivity contribution in [2.45, 2.75) is 0 Å². The van der Waals surface area contributed by atoms with E-state index in [2.05, 4.69) is 13.2 Å². The minimum Gasteiger partial charge on any atom is -0.478 e. The molecule has 2 N–H and O–H groups in total. The Morgan fingerprint density at radius 1 is 1.20 bits per heavy atom. The number of aliphatic carboxylic acids is 1. The first-order chi connectivity index (χ1) is 7.06. The van der Waals surface area contributed by atoms with Crippen molar-refractivity contribution in [1.29, 1.82) is 0 Å². The molecule has 0 aliphatic carbocycles. The maximum atomic E-state index is 11.1. The van der Waals surface area contributed by atoms with Crippen LogP contribution in [-0.4, -0.2) is 28.6 Å². The van der Waals surface area contributed by atoms with Crippen LogP contribution in [0.15, 0.2) is 48.6 Å². The predicted octanol–water partition coefficient (Wildman–Crippen LogP) is 0.857. The van der Waals surface area contributed by atoms with Gasteiger partial charge in [-0.05, 0) is 12.2 Å². The van der Waals surface area contributed by atoms with Crippen LogP contribution in [0.25, 0.3) is 0 Å². The molecule has 0 fully saturated rings. The molecule has 4 heteroatoms. The van der Waals surface area contributed by atoms with Crippen LogP contribution in [0.1, 0.15) is 0 Å². The number of aliphatic hydroxyl groups excluding tert-OH is 1. The van der Waals surface area contributed by atoms with Crippen molar-refractivity contribution in [3.63, 3.8) is 0 Å². The Morgan fingerprint density at radius 3 is 2.13 bits per heavy atom. The third kappa shape index (κ3) is 4.19. The van der Waals surface area contributed by atoms with Gasteiger partial charge in [0.1, 0.15) is 6.61 Å². The first-order valence-corrected chi connectivity index (χ1v) is 4.11. The lowest BCUT2D eigenvalue weighted by Gasteiger charge is -1.98. The molecule has 0 bridgehead atoms. The van der Waals surface area contributed by atoms with E-state index in [1.165, 1.54) is 18.2 Å². The minimum atomic E-state index is -1.18. The predicted molar refractivity (Wildman–Crippen MR) is 56.3 cm³/mol. The van der Waals surface area contributed by atoms with Gasteiger partial charge in [0.05, 0.1) is 5.57 Å². The number of carboxylic acid groups (broad SMARTS) is 1. The summed E-state index contributed by atoms with van der Waals surface area (Å²) >= 11 is 0. The fourth-order valence-electron chi connectivity index (χ4n) is 0.820. The molecule has 0 spiro atoms. The summed E-state index contributed by atoms with van der Waals surface area (Å²) in [4.78, 5) is 21.8. The number of allylic oxidation sites excluding steroid dienone is 3. The largest absolute Gasteiger partial charge is 0.478 e. The van der Waals surface area contributed by atoms with Crippen LogP contribution in [0.5, 0.6) is 0 Å². The summed E-state index contributed by atoms with van der Waals surface area (Å²) in [5, 5.41) is 17.3. The zero-order chi connectivity index (χ0) is 11.8. The smallest absolute Gasteiger partial charge is 0.335 e. The Morgan fingerprint density at radius 2 is 1.80 bits per heavy atom. The number of rotatable bonds is 6. The highest BCUT2D eigenvalue weighted by Gasteiger charge is 2.08. The molecule has 0 saturated heterocycles. The van der Waals surface area contributed by atoms with Crippen molar-refractivity contribution in [2.75, 3.05) is 6.61 Å². The van der Waals surface area contributed by atoms with E-state index < -0.39 is 18.4 Å². The van der Waals surface area contributed by atoms with Gasteiger partial charge >= 0.3 is 5.97 Å². The molecule has 0 aromatic carbocycles. The normalized spacial score (nSPS) is 12.1. The summed E-state index contributed by atoms with van der Waals surface area (Å²) in [6.45, 7) is 6.03. The van der Waals surface area contributed by atoms with Crippen molar-refractivity contribution in [3.05, 3.63) is 48.6 Å². The second-order valence-electron chi connectivity index (χ2n) is 2.55. The van der Waals surface area contributed by atoms with Gasteiger partial charge in [0, 0.05) is 5.57 Å². The third-order valence-corrected chi connectivity index (χ3v) is 1.54. The second kappa shape index (κ2) is 6.50. The van der Waals surface area contributed by atoms with E-state index in [-0.39, 0.29) is 11.1 Å². The number of carbonyl (C=O) groups is 2. The first kappa shape index (κ1) is 13.1. The Bertz CT molecular complexity index is 348. The van der Waals surface area contributed by atoms with Crippen molar-refractivity contribution >= 4 is 11.8 Å². The Kier molecular flexibility index (Phi) is 5.66. The van der Waals surface area contributed by atoms with E-state index in [0.717, 1.165) is 6.08 Å². The van der Waals surface area contributed by atoms with Crippen molar-refractivity contribution < 1.29 is 19.8 Å². The molecule has 0 radical (unpaired) electrons. The van der Waals surface area contributed by atoms with Crippen molar-refractivity contribution in [3.8, 4) is 0 Å². The zero-order valence-corrected chi connectivity index (χ0v) is 8.14. The summed E-state index contributed by atoms with van der Waals surface area (Å²) in [6, 6.07) is 0. The lowest BCUT2D eigenvalue weighted by atomic mass is 10.1. The summed E-state index contributed by atoms with van der Waals surface area (Å²) in [6.07, 6.45) is 4.87. The highest BCUT2D eigenvalue weighted by Crippen LogP contribution is 2.06. The van der Waals surface area contributed by atoms with E-state index in [4.69, 9.17) is 10.2 Å². The number of carboxylic acids is 1. The highest BCUT2D eigenvalue weighted by atomic mass is 16.4. The van der Waals surface area contributed by atoms with Crippen LogP contribution in [0.3, 0.4) is 0 Å². The number of hydrogen-bond donors (Lipinski definition) is 2. The number of Topliss-reactive ketones (excluding diaryl/α,β-unsaturated/α-hetero) is 1. The maximum absolute atomic E-state index is 11.1. The van der Waals surface area contributed by atoms with Gasteiger partial charge in [-0.1, -0.05) is 25.3 Å². The highest BCUT2D eigenvalue weighted by molar-refractivity contribution is 6.01. The molecule has 80 valence electrons. The lowest BCUT2D eigenvalue weighted by molar-refractivity contribution is -0.132. The SMILES string of the molecule is C=C/C=C(\C=C(/C=C)C(=O)CO)C(=O)O. The Labute approximate surface area is 87.5 Å². The molecule has 0 saturated carbocycles. The molecule has 0 heterocycles. The van der Waals surface area contributed by atoms with Crippen LogP contribution in [0.4, 0.5) is 0 Å². The maximum Gasteiger partial charge on any atom is 0.335 e. The number of ketones is 1. The van der Waals surface area contributed by atoms with E-state index in [0.29, 0.717) is 0 Å². The van der Waals surface area contributed by atoms with Crippen LogP contribution < -0.4 is 0 Å². The topological polar surface area (TPSA) is 74.6 Å². The van der Waals surface area contributed by atoms with Crippen molar-refractivity contribution in [1.82, 2.24) is 0 Å². The fraction of sp³-hybridized carbons (Fsp3) is 0.0909. The van der Waals surface area contributed by atoms with Crippen LogP contribution >= 0.6 is 0 Å². The quantitative estimate of drug-likeness (QED) is 0.501. The molecule has 0 atom stereocenters. The van der Waals surface area contributed by atoms with E-state index in [9.17, 15) is 9.59 Å². The molecule has 0 aliphatic heterocycles. The molecule has 0 unspecified atom stereocenters. The third-order valence-electron chi connectivity index (χ3n) is 1.54. The molecule has 0 aliphatic rings. The Hall–Kier alpha value is -1.94. The van der Waals surface area contributed by atoms with Crippen LogP contribution in [0, 0.1) is 0 Å². The monoisotopic (exact) mass is 208 g/mol. The van der Waals surface area contributed by atoms with Gasteiger partial charge < -0.3 is 10.2 Å². The molecule has 15 heavy (non-hydrogen) atoms. The fourth-order valence-corrected chi connectivity index (χ4v) is 0.820. The second-order valence-corrected chi connectivity index (χ2v) is 2.55. The molecular formula is C11H12O4. The van der Waals surface area contributed by atoms with E-state index in [1.807, 2.05) is 0 Å². The van der Waals surface area contributed by atoms with Gasteiger partial charge in [0.2, 0.25) is 0 Å². The first-order valence-electron chi connectivity index (χ1n) is 4.11. The van der Waals surface area contributed by atoms with Gasteiger partial charge in [0.25, 0.3) is 0 Å². The van der Waals surface area contributed by atoms with E-state index >= 15 is 0 Å². The van der Waals surface area contributed by atoms with Crippen molar-refractivity contribution in [2.24, 2.45) is 0 Å². The number of aliphatic hydroxyl groups is 1. The van der Waals surface area contributed by atoms with Gasteiger partial charge in [-0.2, -0.15) is 0 Å². The van der Waals surface area contributed by atoms with E-state index in [1.54, 1.807) is 0 Å². The number of carbonyl (C=O) groups excluding carboxylic acids is 1. The van der Waals surface area contributed by atoms with Gasteiger partial charge in [-0.3, -0.25) is 4.79 Å². The summed E-state index contributed by atoms with van der Waals surface area (Å²) in [5.41, 5.74) is -0.0466. The Balaban J connectivity index is 5.19. The molecular weight excluding hydrogens is 196 g/mol. The molecule has 0 aromatic heterocycles. The van der Waals surface area contributed by atoms with Gasteiger partial charge in [0.15, 0.2) is 5.78 Å². The van der Waals surface area contributed by atoms with Gasteiger partial charge in [-0.15, -0.1) is 0 Å². The van der Waals surface area contributed by atoms with Gasteiger partial charge in [-0.25, -0.2) is 4.79 Å². The van der Waals surface area contributed by atoms with Crippen LogP contribution in [0.2, 0.25) is 0 Å². The lowest BCUT2D eigenvalue weighted by Crippen LogP contribution is -2.07. The average Bonchev–Trinajstić information content (AvgIpc) is 2.22. The number of hydrogen-bond acceptors (Lipinski definition) is 3. The molecule has 4 nitrogen and oxygen atoms in total. The molecule has 0 rings (SSSR count).